The number of methoxy groups -OCH3 is 1. The van der Waals surface area contributed by atoms with E-state index in [-0.39, 0.29) is 0 Å². The quantitative estimate of drug-likeness (QED) is 0.596. The Hall–Kier alpha value is -1.42. The maximum absolute atomic E-state index is 5.58. The average Bonchev–Trinajstić information content (AvgIpc) is 2.24. The van der Waals surface area contributed by atoms with Gasteiger partial charge in [-0.15, -0.1) is 0 Å². The van der Waals surface area contributed by atoms with Crippen LogP contribution < -0.4 is 4.74 Å². The van der Waals surface area contributed by atoms with Crippen molar-refractivity contribution in [2.24, 2.45) is 4.99 Å². The Morgan fingerprint density at radius 3 is 2.65 bits per heavy atom. The largest absolute Gasteiger partial charge is 0.497 e. The summed E-state index contributed by atoms with van der Waals surface area (Å²) >= 11 is 0. The van der Waals surface area contributed by atoms with Gasteiger partial charge in [-0.25, -0.2) is 4.99 Å². The lowest BCUT2D eigenvalue weighted by Crippen LogP contribution is -1.96. The number of hydrogen-bond donors (Lipinski definition) is 0. The van der Waals surface area contributed by atoms with Crippen molar-refractivity contribution >= 4 is 16.5 Å². The summed E-state index contributed by atoms with van der Waals surface area (Å²) in [5.74, 6) is 1.25. The van der Waals surface area contributed by atoms with Gasteiger partial charge in [-0.05, 0) is 43.0 Å². The first-order chi connectivity index (χ1) is 7.90. The molecule has 1 aromatic carbocycles. The van der Waals surface area contributed by atoms with Crippen molar-refractivity contribution in [2.45, 2.75) is 0 Å². The molecule has 0 atom stereocenters. The molecule has 0 amide bonds. The average molecular weight is 253 g/mol. The van der Waals surface area contributed by atoms with Gasteiger partial charge in [0.25, 0.3) is 0 Å². The zero-order valence-corrected chi connectivity index (χ0v) is 11.6. The first-order valence-electron chi connectivity index (χ1n) is 5.15. The summed E-state index contributed by atoms with van der Waals surface area (Å²) in [5, 5.41) is 0. The molecule has 0 unspecified atom stereocenters. The highest BCUT2D eigenvalue weighted by atomic mass is 32.3. The lowest BCUT2D eigenvalue weighted by molar-refractivity contribution is 0.414. The lowest BCUT2D eigenvalue weighted by Gasteiger charge is -2.25. The molecule has 0 N–H and O–H groups in total. The Labute approximate surface area is 105 Å². The predicted octanol–water partition coefficient (Wildman–Crippen LogP) is 3.21. The second-order valence-electron chi connectivity index (χ2n) is 4.24. The number of rotatable bonds is 5. The van der Waals surface area contributed by atoms with E-state index in [1.807, 2.05) is 43.0 Å². The molecule has 0 saturated carbocycles. The van der Waals surface area contributed by atoms with Gasteiger partial charge in [0.1, 0.15) is 5.75 Å². The molecular weight excluding hydrogens is 234 g/mol. The summed E-state index contributed by atoms with van der Waals surface area (Å²) in [6.07, 6.45) is 7.84. The molecule has 0 heterocycles. The molecule has 0 aliphatic rings. The van der Waals surface area contributed by atoms with Crippen LogP contribution in [0.15, 0.2) is 41.7 Å². The normalized spacial score (nSPS) is 12.5. The molecular formula is C13H19NO2S. The third-order valence-corrected chi connectivity index (χ3v) is 2.49. The van der Waals surface area contributed by atoms with Crippen LogP contribution in [-0.4, -0.2) is 32.1 Å². The molecule has 4 heteroatoms. The van der Waals surface area contributed by atoms with E-state index >= 15 is 0 Å². The topological polar surface area (TPSA) is 30.8 Å². The van der Waals surface area contributed by atoms with Crippen LogP contribution in [0.1, 0.15) is 5.56 Å². The molecule has 0 aliphatic heterocycles. The zero-order valence-electron chi connectivity index (χ0n) is 10.8. The van der Waals surface area contributed by atoms with E-state index in [0.29, 0.717) is 5.88 Å². The minimum Gasteiger partial charge on any atom is -0.497 e. The Kier molecular flexibility index (Phi) is 4.63. The highest BCUT2D eigenvalue weighted by Crippen LogP contribution is 2.38. The summed E-state index contributed by atoms with van der Waals surface area (Å²) < 4.78 is 10.7. The van der Waals surface area contributed by atoms with Gasteiger partial charge in [-0.3, -0.25) is 0 Å². The summed E-state index contributed by atoms with van der Waals surface area (Å²) in [7, 11) is 0.562. The smallest absolute Gasteiger partial charge is 0.217 e. The Balaban J connectivity index is 2.67. The molecule has 0 spiro atoms. The van der Waals surface area contributed by atoms with Crippen molar-refractivity contribution in [3.8, 4) is 5.75 Å². The van der Waals surface area contributed by atoms with Crippen LogP contribution in [0.4, 0.5) is 0 Å². The molecule has 1 aromatic rings. The van der Waals surface area contributed by atoms with Crippen molar-refractivity contribution in [2.75, 3.05) is 25.9 Å². The highest BCUT2D eigenvalue weighted by molar-refractivity contribution is 8.28. The molecule has 0 aromatic heterocycles. The molecule has 17 heavy (non-hydrogen) atoms. The molecule has 0 radical (unpaired) electrons. The fourth-order valence-corrected chi connectivity index (χ4v) is 1.80. The summed E-state index contributed by atoms with van der Waals surface area (Å²) in [6.45, 7) is 3.77. The first kappa shape index (κ1) is 13.6. The fourth-order valence-electron chi connectivity index (χ4n) is 1.18. The maximum atomic E-state index is 5.58. The van der Waals surface area contributed by atoms with Crippen LogP contribution in [0.5, 0.6) is 5.75 Å². The Morgan fingerprint density at radius 2 is 2.06 bits per heavy atom. The van der Waals surface area contributed by atoms with Crippen molar-refractivity contribution in [3.63, 3.8) is 0 Å². The third kappa shape index (κ3) is 5.45. The number of nitrogens with zero attached hydrogens (tertiary/aromatic N) is 1. The number of hydrogen-bond acceptors (Lipinski definition) is 3. The van der Waals surface area contributed by atoms with Crippen LogP contribution >= 0.6 is 10.3 Å². The Bertz CT molecular complexity index is 422. The van der Waals surface area contributed by atoms with E-state index in [0.717, 1.165) is 11.3 Å². The van der Waals surface area contributed by atoms with Gasteiger partial charge in [0, 0.05) is 6.21 Å². The summed E-state index contributed by atoms with van der Waals surface area (Å²) in [6, 6.07) is 7.66. The van der Waals surface area contributed by atoms with E-state index < -0.39 is 10.3 Å². The van der Waals surface area contributed by atoms with Crippen molar-refractivity contribution in [1.29, 1.82) is 0 Å². The molecule has 94 valence electrons. The van der Waals surface area contributed by atoms with Crippen LogP contribution in [0.25, 0.3) is 0 Å². The van der Waals surface area contributed by atoms with Gasteiger partial charge in [0.05, 0.1) is 7.11 Å². The minimum atomic E-state index is -1.08. The van der Waals surface area contributed by atoms with Gasteiger partial charge in [-0.2, -0.15) is 0 Å². The van der Waals surface area contributed by atoms with E-state index in [9.17, 15) is 0 Å². The molecule has 1 rings (SSSR count). The molecule has 0 saturated heterocycles. The molecule has 0 aliphatic carbocycles. The standard InChI is InChI=1S/C13H19NO2S/c1-11(16-17(3,4)5)14-10-12-7-6-8-13(9-12)15-2/h6-10H,1H2,2-5H3/b14-10+. The second-order valence-corrected chi connectivity index (χ2v) is 7.85. The van der Waals surface area contributed by atoms with Gasteiger partial charge >= 0.3 is 0 Å². The number of aliphatic imine (C=N–C) groups is 1. The van der Waals surface area contributed by atoms with E-state index in [2.05, 4.69) is 11.6 Å². The van der Waals surface area contributed by atoms with Crippen LogP contribution in [-0.2, 0) is 4.18 Å². The van der Waals surface area contributed by atoms with Gasteiger partial charge < -0.3 is 8.92 Å². The fraction of sp³-hybridized carbons (Fsp3) is 0.308. The van der Waals surface area contributed by atoms with Crippen molar-refractivity contribution < 1.29 is 8.92 Å². The van der Waals surface area contributed by atoms with E-state index in [1.54, 1.807) is 13.3 Å². The molecule has 0 fully saturated rings. The molecule has 0 bridgehead atoms. The van der Waals surface area contributed by atoms with Crippen molar-refractivity contribution in [3.05, 3.63) is 42.3 Å². The first-order valence-corrected chi connectivity index (χ1v) is 7.94. The van der Waals surface area contributed by atoms with Gasteiger partial charge in [-0.1, -0.05) is 22.4 Å². The van der Waals surface area contributed by atoms with Crippen molar-refractivity contribution in [1.82, 2.24) is 0 Å². The van der Waals surface area contributed by atoms with E-state index in [4.69, 9.17) is 8.92 Å². The second kappa shape index (κ2) is 5.77. The highest BCUT2D eigenvalue weighted by Gasteiger charge is 2.05. The maximum Gasteiger partial charge on any atom is 0.217 e. The summed E-state index contributed by atoms with van der Waals surface area (Å²) in [4.78, 5) is 4.18. The summed E-state index contributed by atoms with van der Waals surface area (Å²) in [5.41, 5.74) is 0.956. The monoisotopic (exact) mass is 253 g/mol. The lowest BCUT2D eigenvalue weighted by atomic mass is 10.2. The van der Waals surface area contributed by atoms with Gasteiger partial charge in [0.15, 0.2) is 0 Å². The van der Waals surface area contributed by atoms with Gasteiger partial charge in [0.2, 0.25) is 5.88 Å². The SMILES string of the molecule is C=C(/N=C/c1cccc(OC)c1)OS(C)(C)C. The van der Waals surface area contributed by atoms with Crippen LogP contribution in [0.3, 0.4) is 0 Å². The van der Waals surface area contributed by atoms with Crippen LogP contribution in [0, 0.1) is 0 Å². The number of ether oxygens (including phenoxy) is 1. The van der Waals surface area contributed by atoms with E-state index in [1.165, 1.54) is 0 Å². The molecule has 3 nitrogen and oxygen atoms in total. The number of benzene rings is 1. The minimum absolute atomic E-state index is 0.440. The van der Waals surface area contributed by atoms with Crippen LogP contribution in [0.2, 0.25) is 0 Å². The predicted molar refractivity (Wildman–Crippen MR) is 76.2 cm³/mol. The Morgan fingerprint density at radius 1 is 1.35 bits per heavy atom. The third-order valence-electron chi connectivity index (χ3n) is 1.80. The zero-order chi connectivity index (χ0) is 12.9.